The summed E-state index contributed by atoms with van der Waals surface area (Å²) in [6, 6.07) is 17.1. The highest BCUT2D eigenvalue weighted by Crippen LogP contribution is 2.29. The summed E-state index contributed by atoms with van der Waals surface area (Å²) in [6.45, 7) is 3.49. The van der Waals surface area contributed by atoms with Crippen molar-refractivity contribution in [1.29, 1.82) is 0 Å². The number of aromatic carboxylic acids is 1. The van der Waals surface area contributed by atoms with E-state index in [4.69, 9.17) is 0 Å². The standard InChI is InChI=1S/C20H19N3O4S2/c1-3-23(29(26,27)16-10-9-14(2)17(13-16)20(24)25)28-19-12-11-18(21-22-19)15-7-5-4-6-8-15/h4-13H,3H2,1-2H3,(H,24,25). The van der Waals surface area contributed by atoms with Crippen LogP contribution in [-0.2, 0) is 10.0 Å². The average molecular weight is 430 g/mol. The predicted molar refractivity (Wildman–Crippen MR) is 111 cm³/mol. The third kappa shape index (κ3) is 4.64. The van der Waals surface area contributed by atoms with Gasteiger partial charge in [-0.15, -0.1) is 13.9 Å². The number of hydrogen-bond donors (Lipinski definition) is 1. The van der Waals surface area contributed by atoms with Gasteiger partial charge in [-0.05, 0) is 48.7 Å². The van der Waals surface area contributed by atoms with E-state index in [9.17, 15) is 18.3 Å². The van der Waals surface area contributed by atoms with Crippen LogP contribution in [0.15, 0.2) is 70.6 Å². The van der Waals surface area contributed by atoms with E-state index in [1.807, 2.05) is 30.3 Å². The van der Waals surface area contributed by atoms with Crippen LogP contribution >= 0.6 is 11.9 Å². The Kier molecular flexibility index (Phi) is 6.31. The van der Waals surface area contributed by atoms with Crippen molar-refractivity contribution in [1.82, 2.24) is 13.9 Å². The van der Waals surface area contributed by atoms with E-state index >= 15 is 0 Å². The molecule has 0 amide bonds. The normalized spacial score (nSPS) is 11.6. The SMILES string of the molecule is CCN(Sc1ccc(-c2ccccc2)nn1)S(=O)(=O)c1ccc(C)c(C(=O)O)c1. The Labute approximate surface area is 173 Å². The lowest BCUT2D eigenvalue weighted by molar-refractivity contribution is 0.0696. The summed E-state index contributed by atoms with van der Waals surface area (Å²) >= 11 is 0.937. The number of carbonyl (C=O) groups is 1. The van der Waals surface area contributed by atoms with Crippen molar-refractivity contribution in [3.8, 4) is 11.3 Å². The number of aromatic nitrogens is 2. The van der Waals surface area contributed by atoms with Crippen LogP contribution in [-0.4, -0.2) is 39.9 Å². The van der Waals surface area contributed by atoms with Gasteiger partial charge in [-0.1, -0.05) is 43.3 Å². The van der Waals surface area contributed by atoms with Crippen molar-refractivity contribution >= 4 is 27.9 Å². The van der Waals surface area contributed by atoms with Gasteiger partial charge in [0.25, 0.3) is 10.0 Å². The van der Waals surface area contributed by atoms with E-state index in [0.29, 0.717) is 16.3 Å². The van der Waals surface area contributed by atoms with Gasteiger partial charge in [0.1, 0.15) is 5.03 Å². The second kappa shape index (κ2) is 8.73. The fourth-order valence-corrected chi connectivity index (χ4v) is 5.13. The molecule has 0 atom stereocenters. The monoisotopic (exact) mass is 429 g/mol. The van der Waals surface area contributed by atoms with E-state index in [-0.39, 0.29) is 17.0 Å². The third-order valence-electron chi connectivity index (χ3n) is 4.17. The van der Waals surface area contributed by atoms with E-state index < -0.39 is 16.0 Å². The summed E-state index contributed by atoms with van der Waals surface area (Å²) in [4.78, 5) is 11.3. The number of carboxylic acid groups (broad SMARTS) is 1. The van der Waals surface area contributed by atoms with Gasteiger partial charge in [0, 0.05) is 12.1 Å². The van der Waals surface area contributed by atoms with Crippen LogP contribution in [0.25, 0.3) is 11.3 Å². The van der Waals surface area contributed by atoms with Crippen LogP contribution in [0, 0.1) is 6.92 Å². The number of carboxylic acids is 1. The molecule has 1 N–H and O–H groups in total. The average Bonchev–Trinajstić information content (AvgIpc) is 2.73. The van der Waals surface area contributed by atoms with Gasteiger partial charge in [-0.25, -0.2) is 13.2 Å². The molecule has 3 aromatic rings. The van der Waals surface area contributed by atoms with Gasteiger partial charge in [0.15, 0.2) is 0 Å². The molecule has 0 saturated carbocycles. The lowest BCUT2D eigenvalue weighted by Gasteiger charge is -2.19. The van der Waals surface area contributed by atoms with Crippen molar-refractivity contribution < 1.29 is 18.3 Å². The van der Waals surface area contributed by atoms with E-state index in [2.05, 4.69) is 10.2 Å². The summed E-state index contributed by atoms with van der Waals surface area (Å²) in [6.07, 6.45) is 0. The fraction of sp³-hybridized carbons (Fsp3) is 0.150. The van der Waals surface area contributed by atoms with Gasteiger partial charge in [0.2, 0.25) is 0 Å². The van der Waals surface area contributed by atoms with Crippen LogP contribution < -0.4 is 0 Å². The minimum Gasteiger partial charge on any atom is -0.478 e. The molecule has 9 heteroatoms. The number of aryl methyl sites for hydroxylation is 1. The van der Waals surface area contributed by atoms with Crippen molar-refractivity contribution in [2.75, 3.05) is 6.54 Å². The Balaban J connectivity index is 1.86. The molecule has 3 rings (SSSR count). The van der Waals surface area contributed by atoms with Gasteiger partial charge >= 0.3 is 5.97 Å². The van der Waals surface area contributed by atoms with Crippen molar-refractivity contribution in [2.45, 2.75) is 23.8 Å². The van der Waals surface area contributed by atoms with E-state index in [1.54, 1.807) is 26.0 Å². The quantitative estimate of drug-likeness (QED) is 0.569. The highest BCUT2D eigenvalue weighted by atomic mass is 32.3. The zero-order chi connectivity index (χ0) is 21.0. The summed E-state index contributed by atoms with van der Waals surface area (Å²) in [7, 11) is -3.92. The predicted octanol–water partition coefficient (Wildman–Crippen LogP) is 3.87. The first kappa shape index (κ1) is 21.0. The van der Waals surface area contributed by atoms with Crippen molar-refractivity contribution in [3.05, 3.63) is 71.8 Å². The molecular formula is C20H19N3O4S2. The highest BCUT2D eigenvalue weighted by Gasteiger charge is 2.26. The smallest absolute Gasteiger partial charge is 0.335 e. The lowest BCUT2D eigenvalue weighted by atomic mass is 10.1. The molecule has 0 aliphatic heterocycles. The summed E-state index contributed by atoms with van der Waals surface area (Å²) in [5.41, 5.74) is 2.05. The molecule has 2 aromatic carbocycles. The molecule has 7 nitrogen and oxygen atoms in total. The summed E-state index contributed by atoms with van der Waals surface area (Å²) < 4.78 is 27.2. The second-order valence-electron chi connectivity index (χ2n) is 6.12. The van der Waals surface area contributed by atoms with Crippen molar-refractivity contribution in [2.24, 2.45) is 0 Å². The largest absolute Gasteiger partial charge is 0.478 e. The molecule has 0 radical (unpaired) electrons. The lowest BCUT2D eigenvalue weighted by Crippen LogP contribution is -2.25. The molecule has 0 spiro atoms. The number of rotatable bonds is 7. The Hall–Kier alpha value is -2.75. The molecule has 0 fully saturated rings. The molecule has 0 aliphatic carbocycles. The topological polar surface area (TPSA) is 100 Å². The van der Waals surface area contributed by atoms with Gasteiger partial charge in [-0.3, -0.25) is 0 Å². The molecule has 0 unspecified atom stereocenters. The molecule has 0 saturated heterocycles. The highest BCUT2D eigenvalue weighted by molar-refractivity contribution is 8.08. The maximum absolute atomic E-state index is 13.0. The van der Waals surface area contributed by atoms with Crippen LogP contribution in [0.1, 0.15) is 22.8 Å². The summed E-state index contributed by atoms with van der Waals surface area (Å²) in [5.74, 6) is -1.17. The zero-order valence-electron chi connectivity index (χ0n) is 15.8. The first-order valence-corrected chi connectivity index (χ1v) is 11.0. The molecule has 1 heterocycles. The summed E-state index contributed by atoms with van der Waals surface area (Å²) in [5, 5.41) is 18.0. The van der Waals surface area contributed by atoms with Gasteiger partial charge < -0.3 is 5.11 Å². The van der Waals surface area contributed by atoms with Gasteiger partial charge in [0.05, 0.1) is 16.2 Å². The molecule has 150 valence electrons. The maximum Gasteiger partial charge on any atom is 0.335 e. The zero-order valence-corrected chi connectivity index (χ0v) is 17.4. The van der Waals surface area contributed by atoms with E-state index in [1.165, 1.54) is 18.2 Å². The Morgan fingerprint density at radius 2 is 1.79 bits per heavy atom. The number of hydrogen-bond acceptors (Lipinski definition) is 6. The maximum atomic E-state index is 13.0. The third-order valence-corrected chi connectivity index (χ3v) is 7.49. The van der Waals surface area contributed by atoms with Crippen molar-refractivity contribution in [3.63, 3.8) is 0 Å². The fourth-order valence-electron chi connectivity index (χ4n) is 2.63. The Morgan fingerprint density at radius 1 is 1.07 bits per heavy atom. The van der Waals surface area contributed by atoms with Gasteiger partial charge in [-0.2, -0.15) is 0 Å². The number of sulfonamides is 1. The minimum absolute atomic E-state index is 0.0425. The molecule has 29 heavy (non-hydrogen) atoms. The Bertz CT molecular complexity index is 1120. The van der Waals surface area contributed by atoms with Crippen LogP contribution in [0.3, 0.4) is 0 Å². The first-order valence-electron chi connectivity index (χ1n) is 8.76. The minimum atomic E-state index is -3.92. The number of benzene rings is 2. The first-order chi connectivity index (χ1) is 13.8. The molecule has 0 bridgehead atoms. The van der Waals surface area contributed by atoms with Crippen LogP contribution in [0.5, 0.6) is 0 Å². The van der Waals surface area contributed by atoms with Crippen LogP contribution in [0.2, 0.25) is 0 Å². The Morgan fingerprint density at radius 3 is 2.38 bits per heavy atom. The van der Waals surface area contributed by atoms with E-state index in [0.717, 1.165) is 21.2 Å². The van der Waals surface area contributed by atoms with Crippen LogP contribution in [0.4, 0.5) is 0 Å². The molecule has 0 aliphatic rings. The number of nitrogens with zero attached hydrogens (tertiary/aromatic N) is 3. The molecule has 1 aromatic heterocycles. The second-order valence-corrected chi connectivity index (χ2v) is 9.26. The molecular weight excluding hydrogens is 410 g/mol.